The molecule has 0 radical (unpaired) electrons. The van der Waals surface area contributed by atoms with E-state index in [1.807, 2.05) is 29.2 Å². The van der Waals surface area contributed by atoms with Gasteiger partial charge in [-0.25, -0.2) is 4.98 Å². The highest BCUT2D eigenvalue weighted by atomic mass is 32.1. The summed E-state index contributed by atoms with van der Waals surface area (Å²) in [6.07, 6.45) is 6.68. The number of amides is 1. The van der Waals surface area contributed by atoms with E-state index in [4.69, 9.17) is 4.98 Å². The third-order valence-electron chi connectivity index (χ3n) is 5.53. The molecular weight excluding hydrogens is 330 g/mol. The monoisotopic (exact) mass is 351 g/mol. The fourth-order valence-electron chi connectivity index (χ4n) is 4.25. The maximum Gasteiger partial charge on any atom is 0.264 e. The maximum absolute atomic E-state index is 13.3. The number of benzene rings is 1. The van der Waals surface area contributed by atoms with Crippen LogP contribution in [-0.2, 0) is 12.8 Å². The van der Waals surface area contributed by atoms with Crippen molar-refractivity contribution >= 4 is 28.3 Å². The van der Waals surface area contributed by atoms with Crippen molar-refractivity contribution in [3.05, 3.63) is 51.5 Å². The number of hydrogen-bond donors (Lipinski definition) is 1. The molecule has 1 unspecified atom stereocenters. The molecule has 2 aliphatic rings. The van der Waals surface area contributed by atoms with Gasteiger partial charge in [0, 0.05) is 6.54 Å². The molecule has 3 aromatic rings. The van der Waals surface area contributed by atoms with Gasteiger partial charge in [0.15, 0.2) is 0 Å². The minimum Gasteiger partial charge on any atom is -0.340 e. The highest BCUT2D eigenvalue weighted by Gasteiger charge is 2.34. The molecule has 5 heteroatoms. The summed E-state index contributed by atoms with van der Waals surface area (Å²) in [6.45, 7) is 0.827. The lowest BCUT2D eigenvalue weighted by atomic mass is 9.93. The van der Waals surface area contributed by atoms with Crippen LogP contribution >= 0.6 is 11.3 Å². The standard InChI is InChI=1S/C20H21N3OS/c24-20(18-14-7-2-1-6-13(14)12-25-18)23-11-5-10-17(23)19-21-15-8-3-4-9-16(15)22-19/h3-4,8-9,12,17H,1-2,5-7,10-11H2,(H,21,22). The number of hydrogen-bond acceptors (Lipinski definition) is 3. The number of aromatic nitrogens is 2. The number of aromatic amines is 1. The Kier molecular flexibility index (Phi) is 3.63. The van der Waals surface area contributed by atoms with Crippen molar-refractivity contribution in [3.63, 3.8) is 0 Å². The van der Waals surface area contributed by atoms with Crippen LogP contribution < -0.4 is 0 Å². The average molecular weight is 351 g/mol. The number of rotatable bonds is 2. The Hall–Kier alpha value is -2.14. The van der Waals surface area contributed by atoms with E-state index >= 15 is 0 Å². The van der Waals surface area contributed by atoms with Crippen molar-refractivity contribution < 1.29 is 4.79 Å². The molecule has 4 nitrogen and oxygen atoms in total. The van der Waals surface area contributed by atoms with Crippen LogP contribution in [0.2, 0.25) is 0 Å². The van der Waals surface area contributed by atoms with E-state index in [2.05, 4.69) is 10.4 Å². The van der Waals surface area contributed by atoms with Crippen LogP contribution in [-0.4, -0.2) is 27.3 Å². The van der Waals surface area contributed by atoms with Gasteiger partial charge in [0.25, 0.3) is 5.91 Å². The van der Waals surface area contributed by atoms with Crippen molar-refractivity contribution in [3.8, 4) is 0 Å². The van der Waals surface area contributed by atoms with Crippen LogP contribution in [0.3, 0.4) is 0 Å². The van der Waals surface area contributed by atoms with E-state index in [9.17, 15) is 4.79 Å². The topological polar surface area (TPSA) is 49.0 Å². The van der Waals surface area contributed by atoms with Crippen LogP contribution in [0, 0.1) is 0 Å². The zero-order chi connectivity index (χ0) is 16.8. The first kappa shape index (κ1) is 15.1. The first-order valence-electron chi connectivity index (χ1n) is 9.16. The van der Waals surface area contributed by atoms with Gasteiger partial charge in [0.2, 0.25) is 0 Å². The summed E-state index contributed by atoms with van der Waals surface area (Å²) in [4.78, 5) is 24.5. The van der Waals surface area contributed by atoms with E-state index < -0.39 is 0 Å². The second kappa shape index (κ2) is 5.99. The first-order valence-corrected chi connectivity index (χ1v) is 10.0. The zero-order valence-electron chi connectivity index (χ0n) is 14.1. The summed E-state index contributed by atoms with van der Waals surface area (Å²) in [5, 5.41) is 2.20. The molecule has 1 fully saturated rings. The third-order valence-corrected chi connectivity index (χ3v) is 6.59. The lowest BCUT2D eigenvalue weighted by molar-refractivity contribution is 0.0734. The van der Waals surface area contributed by atoms with Gasteiger partial charge >= 0.3 is 0 Å². The van der Waals surface area contributed by atoms with Crippen molar-refractivity contribution in [1.82, 2.24) is 14.9 Å². The van der Waals surface area contributed by atoms with Crippen LogP contribution in [0.15, 0.2) is 29.6 Å². The number of thiophene rings is 1. The van der Waals surface area contributed by atoms with Gasteiger partial charge in [-0.1, -0.05) is 12.1 Å². The van der Waals surface area contributed by atoms with Crippen LogP contribution in [0.4, 0.5) is 0 Å². The molecular formula is C20H21N3OS. The molecule has 1 N–H and O–H groups in total. The Morgan fingerprint density at radius 1 is 1.20 bits per heavy atom. The number of para-hydroxylation sites is 2. The second-order valence-corrected chi connectivity index (χ2v) is 7.95. The summed E-state index contributed by atoms with van der Waals surface area (Å²) in [6, 6.07) is 8.15. The molecule has 0 spiro atoms. The lowest BCUT2D eigenvalue weighted by Crippen LogP contribution is -2.31. The predicted octanol–water partition coefficient (Wildman–Crippen LogP) is 4.48. The van der Waals surface area contributed by atoms with Gasteiger partial charge in [0.1, 0.15) is 5.82 Å². The van der Waals surface area contributed by atoms with Gasteiger partial charge in [-0.05, 0) is 67.2 Å². The highest BCUT2D eigenvalue weighted by Crippen LogP contribution is 2.36. The molecule has 1 aliphatic heterocycles. The molecule has 128 valence electrons. The minimum absolute atomic E-state index is 0.0706. The molecule has 0 bridgehead atoms. The number of nitrogens with one attached hydrogen (secondary N) is 1. The van der Waals surface area contributed by atoms with E-state index in [1.54, 1.807) is 11.3 Å². The summed E-state index contributed by atoms with van der Waals surface area (Å²) in [7, 11) is 0. The normalized spacial score (nSPS) is 20.2. The Morgan fingerprint density at radius 2 is 2.08 bits per heavy atom. The Labute approximate surface area is 150 Å². The Morgan fingerprint density at radius 3 is 3.00 bits per heavy atom. The average Bonchev–Trinajstić information content (AvgIpc) is 3.37. The summed E-state index contributed by atoms with van der Waals surface area (Å²) in [5.74, 6) is 1.13. The summed E-state index contributed by atoms with van der Waals surface area (Å²) >= 11 is 1.64. The smallest absolute Gasteiger partial charge is 0.264 e. The van der Waals surface area contributed by atoms with Crippen LogP contribution in [0.25, 0.3) is 11.0 Å². The van der Waals surface area contributed by atoms with Gasteiger partial charge in [-0.3, -0.25) is 4.79 Å². The number of likely N-dealkylation sites (tertiary alicyclic amines) is 1. The first-order chi connectivity index (χ1) is 12.3. The summed E-state index contributed by atoms with van der Waals surface area (Å²) < 4.78 is 0. The molecule has 1 amide bonds. The van der Waals surface area contributed by atoms with Crippen molar-refractivity contribution in [2.24, 2.45) is 0 Å². The Bertz CT molecular complexity index is 908. The number of imidazole rings is 1. The van der Waals surface area contributed by atoms with E-state index in [-0.39, 0.29) is 11.9 Å². The van der Waals surface area contributed by atoms with Gasteiger partial charge in [0.05, 0.1) is 22.0 Å². The third kappa shape index (κ3) is 2.49. The molecule has 25 heavy (non-hydrogen) atoms. The predicted molar refractivity (Wildman–Crippen MR) is 100 cm³/mol. The molecule has 5 rings (SSSR count). The van der Waals surface area contributed by atoms with E-state index in [0.29, 0.717) is 0 Å². The fraction of sp³-hybridized carbons (Fsp3) is 0.400. The van der Waals surface area contributed by atoms with Gasteiger partial charge in [-0.2, -0.15) is 0 Å². The SMILES string of the molecule is O=C(c1scc2c1CCCC2)N1CCCC1c1nc2ccccc2[nH]1. The van der Waals surface area contributed by atoms with Crippen LogP contribution in [0.1, 0.15) is 58.3 Å². The second-order valence-electron chi connectivity index (χ2n) is 7.07. The molecule has 1 atom stereocenters. The van der Waals surface area contributed by atoms with Gasteiger partial charge in [-0.15, -0.1) is 11.3 Å². The van der Waals surface area contributed by atoms with Gasteiger partial charge < -0.3 is 9.88 Å². The quantitative estimate of drug-likeness (QED) is 0.740. The number of aryl methyl sites for hydroxylation is 1. The highest BCUT2D eigenvalue weighted by molar-refractivity contribution is 7.12. The van der Waals surface area contributed by atoms with Crippen LogP contribution in [0.5, 0.6) is 0 Å². The van der Waals surface area contributed by atoms with E-state index in [1.165, 1.54) is 24.0 Å². The summed E-state index contributed by atoms with van der Waals surface area (Å²) in [5.41, 5.74) is 4.74. The zero-order valence-corrected chi connectivity index (χ0v) is 14.9. The van der Waals surface area contributed by atoms with Crippen molar-refractivity contribution in [1.29, 1.82) is 0 Å². The number of fused-ring (bicyclic) bond motifs is 2. The molecule has 1 saturated heterocycles. The van der Waals surface area contributed by atoms with Crippen molar-refractivity contribution in [2.75, 3.05) is 6.54 Å². The molecule has 1 aliphatic carbocycles. The molecule has 1 aromatic carbocycles. The number of H-pyrrole nitrogens is 1. The number of carbonyl (C=O) groups excluding carboxylic acids is 1. The van der Waals surface area contributed by atoms with Crippen molar-refractivity contribution in [2.45, 2.75) is 44.6 Å². The minimum atomic E-state index is 0.0706. The molecule has 3 heterocycles. The number of nitrogens with zero attached hydrogens (tertiary/aromatic N) is 2. The molecule has 0 saturated carbocycles. The molecule has 2 aromatic heterocycles. The maximum atomic E-state index is 13.3. The number of carbonyl (C=O) groups is 1. The Balaban J connectivity index is 1.48. The van der Waals surface area contributed by atoms with E-state index in [0.717, 1.165) is 54.0 Å². The fourth-order valence-corrected chi connectivity index (χ4v) is 5.37. The largest absolute Gasteiger partial charge is 0.340 e. The lowest BCUT2D eigenvalue weighted by Gasteiger charge is -2.24.